The van der Waals surface area contributed by atoms with Crippen LogP contribution in [-0.4, -0.2) is 39.5 Å². The number of carbonyl (C=O) groups is 1. The summed E-state index contributed by atoms with van der Waals surface area (Å²) in [7, 11) is -2.31. The van der Waals surface area contributed by atoms with Crippen molar-refractivity contribution in [2.24, 2.45) is 0 Å². The highest BCUT2D eigenvalue weighted by Gasteiger charge is 2.27. The van der Waals surface area contributed by atoms with Crippen molar-refractivity contribution in [1.82, 2.24) is 4.90 Å². The van der Waals surface area contributed by atoms with Crippen LogP contribution >= 0.6 is 0 Å². The zero-order chi connectivity index (χ0) is 23.4. The summed E-state index contributed by atoms with van der Waals surface area (Å²) >= 11 is 0. The maximum atomic E-state index is 12.5. The summed E-state index contributed by atoms with van der Waals surface area (Å²) in [4.78, 5) is 14.2. The van der Waals surface area contributed by atoms with E-state index in [4.69, 9.17) is 13.7 Å². The molecule has 0 aliphatic carbocycles. The average molecular weight is 468 g/mol. The van der Waals surface area contributed by atoms with E-state index >= 15 is 0 Å². The van der Waals surface area contributed by atoms with Gasteiger partial charge in [-0.3, -0.25) is 4.79 Å². The number of morpholine rings is 1. The van der Waals surface area contributed by atoms with Crippen molar-refractivity contribution in [3.8, 4) is 11.5 Å². The van der Waals surface area contributed by atoms with Crippen molar-refractivity contribution in [2.45, 2.75) is 24.5 Å². The highest BCUT2D eigenvalue weighted by molar-refractivity contribution is 7.87. The smallest absolute Gasteiger partial charge is 0.339 e. The first kappa shape index (κ1) is 22.8. The largest absolute Gasteiger partial charge is 0.497 e. The first-order valence-corrected chi connectivity index (χ1v) is 11.9. The molecule has 1 aliphatic heterocycles. The lowest BCUT2D eigenvalue weighted by Gasteiger charge is -2.33. The SMILES string of the molecule is COc1ccc(CN2C[C@@H](c3ccc(OS(=O)(=O)c4ccc(C)cc4)cc3)OCC2=O)cc1. The summed E-state index contributed by atoms with van der Waals surface area (Å²) in [6.07, 6.45) is -0.316. The fourth-order valence-electron chi connectivity index (χ4n) is 3.54. The van der Waals surface area contributed by atoms with Gasteiger partial charge in [0.1, 0.15) is 29.1 Å². The van der Waals surface area contributed by atoms with Crippen LogP contribution in [0.4, 0.5) is 0 Å². The van der Waals surface area contributed by atoms with E-state index in [9.17, 15) is 13.2 Å². The lowest BCUT2D eigenvalue weighted by molar-refractivity contribution is -0.150. The van der Waals surface area contributed by atoms with Crippen LogP contribution in [-0.2, 0) is 26.2 Å². The summed E-state index contributed by atoms with van der Waals surface area (Å²) in [5.74, 6) is 0.893. The van der Waals surface area contributed by atoms with Gasteiger partial charge in [-0.1, -0.05) is 42.0 Å². The van der Waals surface area contributed by atoms with Crippen LogP contribution in [0.1, 0.15) is 22.8 Å². The number of carbonyl (C=O) groups excluding carboxylic acids is 1. The molecule has 1 fully saturated rings. The molecule has 0 N–H and O–H groups in total. The van der Waals surface area contributed by atoms with Crippen molar-refractivity contribution in [3.63, 3.8) is 0 Å². The van der Waals surface area contributed by atoms with E-state index in [-0.39, 0.29) is 29.3 Å². The zero-order valence-corrected chi connectivity index (χ0v) is 19.2. The second-order valence-corrected chi connectivity index (χ2v) is 9.39. The molecule has 172 valence electrons. The summed E-state index contributed by atoms with van der Waals surface area (Å²) in [6.45, 7) is 2.74. The van der Waals surface area contributed by atoms with E-state index in [1.54, 1.807) is 48.4 Å². The van der Waals surface area contributed by atoms with Gasteiger partial charge >= 0.3 is 10.1 Å². The van der Waals surface area contributed by atoms with Gasteiger partial charge in [0.15, 0.2) is 0 Å². The molecule has 0 bridgehead atoms. The molecule has 1 saturated heterocycles. The number of aryl methyl sites for hydroxylation is 1. The molecule has 0 unspecified atom stereocenters. The Labute approximate surface area is 193 Å². The lowest BCUT2D eigenvalue weighted by atomic mass is 10.1. The van der Waals surface area contributed by atoms with E-state index in [1.807, 2.05) is 31.2 Å². The molecule has 1 aliphatic rings. The van der Waals surface area contributed by atoms with E-state index in [0.29, 0.717) is 13.1 Å². The highest BCUT2D eigenvalue weighted by atomic mass is 32.2. The van der Waals surface area contributed by atoms with Gasteiger partial charge in [-0.15, -0.1) is 0 Å². The van der Waals surface area contributed by atoms with Gasteiger partial charge in [0.2, 0.25) is 5.91 Å². The average Bonchev–Trinajstić information content (AvgIpc) is 2.81. The summed E-state index contributed by atoms with van der Waals surface area (Å²) in [6, 6.07) is 20.8. The standard InChI is InChI=1S/C25H25NO6S/c1-18-3-13-23(14-4-18)33(28,29)32-22-11-7-20(8-12-22)24-16-26(25(27)17-31-24)15-19-5-9-21(30-2)10-6-19/h3-14,24H,15-17H2,1-2H3/t24-/m0/s1. The van der Waals surface area contributed by atoms with Gasteiger partial charge in [-0.25, -0.2) is 0 Å². The van der Waals surface area contributed by atoms with Gasteiger partial charge < -0.3 is 18.6 Å². The molecule has 0 aromatic heterocycles. The summed E-state index contributed by atoms with van der Waals surface area (Å²) in [5.41, 5.74) is 2.79. The van der Waals surface area contributed by atoms with Crippen LogP contribution in [0, 0.1) is 6.92 Å². The lowest BCUT2D eigenvalue weighted by Crippen LogP contribution is -2.42. The Morgan fingerprint density at radius 2 is 1.58 bits per heavy atom. The molecule has 4 rings (SSSR count). The first-order valence-electron chi connectivity index (χ1n) is 10.5. The Balaban J connectivity index is 1.42. The molecule has 1 atom stereocenters. The monoisotopic (exact) mass is 467 g/mol. The third kappa shape index (κ3) is 5.53. The number of benzene rings is 3. The quantitative estimate of drug-likeness (QED) is 0.491. The van der Waals surface area contributed by atoms with Crippen molar-refractivity contribution in [3.05, 3.63) is 89.5 Å². The zero-order valence-electron chi connectivity index (χ0n) is 18.4. The Kier molecular flexibility index (Phi) is 6.67. The number of methoxy groups -OCH3 is 1. The van der Waals surface area contributed by atoms with Crippen LogP contribution < -0.4 is 8.92 Å². The van der Waals surface area contributed by atoms with Crippen LogP contribution in [0.3, 0.4) is 0 Å². The number of hydrogen-bond acceptors (Lipinski definition) is 6. The van der Waals surface area contributed by atoms with Crippen LogP contribution in [0.25, 0.3) is 0 Å². The molecule has 33 heavy (non-hydrogen) atoms. The number of hydrogen-bond donors (Lipinski definition) is 0. The molecule has 7 nitrogen and oxygen atoms in total. The molecule has 1 heterocycles. The number of amides is 1. The molecule has 0 radical (unpaired) electrons. The molecular formula is C25H25NO6S. The van der Waals surface area contributed by atoms with Gasteiger partial charge in [0, 0.05) is 6.54 Å². The Morgan fingerprint density at radius 3 is 2.21 bits per heavy atom. The van der Waals surface area contributed by atoms with E-state index in [2.05, 4.69) is 0 Å². The number of ether oxygens (including phenoxy) is 2. The fourth-order valence-corrected chi connectivity index (χ4v) is 4.47. The molecule has 0 saturated carbocycles. The second-order valence-electron chi connectivity index (χ2n) is 7.84. The van der Waals surface area contributed by atoms with Gasteiger partial charge in [0.05, 0.1) is 13.7 Å². The van der Waals surface area contributed by atoms with Crippen LogP contribution in [0.2, 0.25) is 0 Å². The molecule has 0 spiro atoms. The molecular weight excluding hydrogens is 442 g/mol. The van der Waals surface area contributed by atoms with Gasteiger partial charge in [-0.2, -0.15) is 8.42 Å². The topological polar surface area (TPSA) is 82.1 Å². The molecule has 3 aromatic carbocycles. The minimum atomic E-state index is -3.92. The van der Waals surface area contributed by atoms with E-state index < -0.39 is 10.1 Å². The second kappa shape index (κ2) is 9.64. The minimum absolute atomic E-state index is 0.0130. The van der Waals surface area contributed by atoms with E-state index in [1.165, 1.54) is 12.1 Å². The van der Waals surface area contributed by atoms with Gasteiger partial charge in [-0.05, 0) is 54.4 Å². The summed E-state index contributed by atoms with van der Waals surface area (Å²) < 4.78 is 41.2. The normalized spacial score (nSPS) is 16.5. The van der Waals surface area contributed by atoms with Crippen molar-refractivity contribution in [1.29, 1.82) is 0 Å². The maximum Gasteiger partial charge on any atom is 0.339 e. The highest BCUT2D eigenvalue weighted by Crippen LogP contribution is 2.27. The van der Waals surface area contributed by atoms with Gasteiger partial charge in [0.25, 0.3) is 0 Å². The third-order valence-electron chi connectivity index (χ3n) is 5.45. The van der Waals surface area contributed by atoms with E-state index in [0.717, 1.165) is 22.4 Å². The van der Waals surface area contributed by atoms with Crippen molar-refractivity contribution < 1.29 is 26.9 Å². The van der Waals surface area contributed by atoms with Crippen molar-refractivity contribution in [2.75, 3.05) is 20.3 Å². The first-order chi connectivity index (χ1) is 15.8. The third-order valence-corrected chi connectivity index (χ3v) is 6.71. The Bertz CT molecular complexity index is 1210. The number of rotatable bonds is 7. The molecule has 3 aromatic rings. The molecule has 8 heteroatoms. The fraction of sp³-hybridized carbons (Fsp3) is 0.240. The predicted octanol–water partition coefficient (Wildman–Crippen LogP) is 3.87. The van der Waals surface area contributed by atoms with Crippen LogP contribution in [0.15, 0.2) is 77.7 Å². The Morgan fingerprint density at radius 1 is 0.939 bits per heavy atom. The predicted molar refractivity (Wildman–Crippen MR) is 123 cm³/mol. The molecule has 1 amide bonds. The van der Waals surface area contributed by atoms with Crippen molar-refractivity contribution >= 4 is 16.0 Å². The van der Waals surface area contributed by atoms with Crippen LogP contribution in [0.5, 0.6) is 11.5 Å². The summed E-state index contributed by atoms with van der Waals surface area (Å²) in [5, 5.41) is 0. The minimum Gasteiger partial charge on any atom is -0.497 e. The maximum absolute atomic E-state index is 12.5. The Hall–Kier alpha value is -3.36. The number of nitrogens with zero attached hydrogens (tertiary/aromatic N) is 1.